The summed E-state index contributed by atoms with van der Waals surface area (Å²) in [6.07, 6.45) is 1.42. The smallest absolute Gasteiger partial charge is 0.343 e. The molecule has 1 aromatic heterocycles. The summed E-state index contributed by atoms with van der Waals surface area (Å²) in [4.78, 5) is 11.9. The Bertz CT molecular complexity index is 774. The lowest BCUT2D eigenvalue weighted by Crippen LogP contribution is -2.09. The highest BCUT2D eigenvalue weighted by Gasteiger charge is 2.10. The molecule has 7 heteroatoms. The maximum Gasteiger partial charge on any atom is 0.343 e. The van der Waals surface area contributed by atoms with Crippen LogP contribution in [0.5, 0.6) is 5.75 Å². The molecule has 1 heterocycles. The van der Waals surface area contributed by atoms with Gasteiger partial charge in [0, 0.05) is 6.07 Å². The van der Waals surface area contributed by atoms with Gasteiger partial charge in [-0.3, -0.25) is 0 Å². The van der Waals surface area contributed by atoms with Gasteiger partial charge in [0.1, 0.15) is 17.9 Å². The van der Waals surface area contributed by atoms with Crippen LogP contribution < -0.4 is 4.74 Å². The van der Waals surface area contributed by atoms with Crippen molar-refractivity contribution in [2.24, 2.45) is 0 Å². The monoisotopic (exact) mass is 284 g/mol. The van der Waals surface area contributed by atoms with Crippen LogP contribution in [0.1, 0.15) is 10.4 Å². The number of halogens is 1. The Kier molecular flexibility index (Phi) is 3.38. The fourth-order valence-corrected chi connectivity index (χ4v) is 1.75. The van der Waals surface area contributed by atoms with E-state index >= 15 is 0 Å². The number of benzene rings is 2. The van der Waals surface area contributed by atoms with E-state index < -0.39 is 11.8 Å². The Morgan fingerprint density at radius 1 is 1.14 bits per heavy atom. The first-order valence-electron chi connectivity index (χ1n) is 6.03. The van der Waals surface area contributed by atoms with Gasteiger partial charge in [-0.05, 0) is 40.8 Å². The van der Waals surface area contributed by atoms with Crippen molar-refractivity contribution < 1.29 is 13.9 Å². The molecule has 21 heavy (non-hydrogen) atoms. The average Bonchev–Trinajstić information content (AvgIpc) is 3.02. The van der Waals surface area contributed by atoms with E-state index in [1.165, 1.54) is 29.2 Å². The second-order valence-corrected chi connectivity index (χ2v) is 4.15. The third kappa shape index (κ3) is 2.92. The summed E-state index contributed by atoms with van der Waals surface area (Å²) in [5.41, 5.74) is 0.785. The summed E-state index contributed by atoms with van der Waals surface area (Å²) >= 11 is 0. The van der Waals surface area contributed by atoms with Crippen molar-refractivity contribution in [2.45, 2.75) is 0 Å². The molecular weight excluding hydrogens is 275 g/mol. The zero-order chi connectivity index (χ0) is 14.7. The summed E-state index contributed by atoms with van der Waals surface area (Å²) in [5.74, 6) is -0.812. The molecular formula is C14H9FN4O2. The molecule has 6 nitrogen and oxygen atoms in total. The normalized spacial score (nSPS) is 10.3. The van der Waals surface area contributed by atoms with Crippen molar-refractivity contribution in [3.8, 4) is 11.4 Å². The van der Waals surface area contributed by atoms with E-state index in [0.717, 1.165) is 6.07 Å². The summed E-state index contributed by atoms with van der Waals surface area (Å²) in [6, 6.07) is 12.0. The van der Waals surface area contributed by atoms with Gasteiger partial charge in [-0.15, -0.1) is 5.10 Å². The molecule has 0 aliphatic heterocycles. The number of tetrazole rings is 1. The van der Waals surface area contributed by atoms with Crippen LogP contribution in [0, 0.1) is 5.82 Å². The lowest BCUT2D eigenvalue weighted by Gasteiger charge is -2.06. The van der Waals surface area contributed by atoms with Gasteiger partial charge in [0.2, 0.25) is 0 Å². The van der Waals surface area contributed by atoms with Crippen LogP contribution in [0.15, 0.2) is 54.9 Å². The zero-order valence-electron chi connectivity index (χ0n) is 10.7. The average molecular weight is 284 g/mol. The number of hydrogen-bond acceptors (Lipinski definition) is 5. The number of hydrogen-bond donors (Lipinski definition) is 0. The molecule has 0 amide bonds. The molecule has 0 radical (unpaired) electrons. The molecule has 0 bridgehead atoms. The van der Waals surface area contributed by atoms with Crippen LogP contribution in [-0.2, 0) is 0 Å². The Morgan fingerprint density at radius 2 is 2.00 bits per heavy atom. The van der Waals surface area contributed by atoms with Crippen molar-refractivity contribution in [1.82, 2.24) is 20.2 Å². The van der Waals surface area contributed by atoms with Gasteiger partial charge in [0.25, 0.3) is 0 Å². The van der Waals surface area contributed by atoms with Crippen molar-refractivity contribution in [2.75, 3.05) is 0 Å². The summed E-state index contributed by atoms with van der Waals surface area (Å²) in [7, 11) is 0. The molecule has 0 N–H and O–H groups in total. The second kappa shape index (κ2) is 5.49. The second-order valence-electron chi connectivity index (χ2n) is 4.15. The molecule has 0 aliphatic rings. The summed E-state index contributed by atoms with van der Waals surface area (Å²) < 4.78 is 19.7. The van der Waals surface area contributed by atoms with Gasteiger partial charge in [0.15, 0.2) is 0 Å². The highest BCUT2D eigenvalue weighted by Crippen LogP contribution is 2.17. The van der Waals surface area contributed by atoms with E-state index in [4.69, 9.17) is 4.74 Å². The molecule has 0 fully saturated rings. The molecule has 0 unspecified atom stereocenters. The van der Waals surface area contributed by atoms with Gasteiger partial charge >= 0.3 is 5.97 Å². The molecule has 3 rings (SSSR count). The quantitative estimate of drug-likeness (QED) is 0.543. The highest BCUT2D eigenvalue weighted by atomic mass is 19.1. The first-order valence-corrected chi connectivity index (χ1v) is 6.03. The van der Waals surface area contributed by atoms with Crippen molar-refractivity contribution in [1.29, 1.82) is 0 Å². The molecule has 0 saturated carbocycles. The van der Waals surface area contributed by atoms with Gasteiger partial charge in [-0.2, -0.15) is 0 Å². The summed E-state index contributed by atoms with van der Waals surface area (Å²) in [6.45, 7) is 0. The molecule has 104 valence electrons. The molecule has 0 aliphatic carbocycles. The van der Waals surface area contributed by atoms with Crippen LogP contribution >= 0.6 is 0 Å². The largest absolute Gasteiger partial charge is 0.423 e. The predicted octanol–water partition coefficient (Wildman–Crippen LogP) is 2.02. The van der Waals surface area contributed by atoms with Crippen LogP contribution in [0.4, 0.5) is 4.39 Å². The Labute approximate surface area is 118 Å². The maximum atomic E-state index is 13.1. The third-order valence-corrected chi connectivity index (χ3v) is 2.70. The number of nitrogens with zero attached hydrogens (tertiary/aromatic N) is 4. The van der Waals surface area contributed by atoms with E-state index in [0.29, 0.717) is 11.4 Å². The topological polar surface area (TPSA) is 69.9 Å². The molecule has 2 aromatic carbocycles. The first kappa shape index (κ1) is 12.9. The minimum Gasteiger partial charge on any atom is -0.423 e. The van der Waals surface area contributed by atoms with Gasteiger partial charge < -0.3 is 4.74 Å². The van der Waals surface area contributed by atoms with E-state index in [2.05, 4.69) is 15.5 Å². The SMILES string of the molecule is O=C(Oc1cccc(-n2cnnn2)c1)c1cccc(F)c1. The summed E-state index contributed by atoms with van der Waals surface area (Å²) in [5, 5.41) is 10.8. The van der Waals surface area contributed by atoms with E-state index in [9.17, 15) is 9.18 Å². The fourth-order valence-electron chi connectivity index (χ4n) is 1.75. The number of aromatic nitrogens is 4. The Balaban J connectivity index is 1.82. The van der Waals surface area contributed by atoms with Crippen LogP contribution in [0.25, 0.3) is 5.69 Å². The highest BCUT2D eigenvalue weighted by molar-refractivity contribution is 5.91. The number of esters is 1. The van der Waals surface area contributed by atoms with Crippen LogP contribution in [-0.4, -0.2) is 26.2 Å². The van der Waals surface area contributed by atoms with E-state index in [1.54, 1.807) is 24.3 Å². The molecule has 0 saturated heterocycles. The predicted molar refractivity (Wildman–Crippen MR) is 70.5 cm³/mol. The maximum absolute atomic E-state index is 13.1. The zero-order valence-corrected chi connectivity index (χ0v) is 10.7. The Morgan fingerprint density at radius 3 is 2.76 bits per heavy atom. The number of ether oxygens (including phenoxy) is 1. The lowest BCUT2D eigenvalue weighted by atomic mass is 10.2. The van der Waals surface area contributed by atoms with E-state index in [-0.39, 0.29) is 5.56 Å². The minimum absolute atomic E-state index is 0.142. The van der Waals surface area contributed by atoms with Crippen molar-refractivity contribution >= 4 is 5.97 Å². The Hall–Kier alpha value is -3.09. The number of carbonyl (C=O) groups excluding carboxylic acids is 1. The molecule has 3 aromatic rings. The number of carbonyl (C=O) groups is 1. The van der Waals surface area contributed by atoms with Crippen molar-refractivity contribution in [3.05, 3.63) is 66.2 Å². The van der Waals surface area contributed by atoms with Gasteiger partial charge in [-0.25, -0.2) is 13.9 Å². The van der Waals surface area contributed by atoms with E-state index in [1.807, 2.05) is 0 Å². The minimum atomic E-state index is -0.636. The standard InChI is InChI=1S/C14H9FN4O2/c15-11-4-1-3-10(7-11)14(20)21-13-6-2-5-12(8-13)19-9-16-17-18-19/h1-9H. The van der Waals surface area contributed by atoms with Gasteiger partial charge in [0.05, 0.1) is 11.3 Å². The number of rotatable bonds is 3. The third-order valence-electron chi connectivity index (χ3n) is 2.70. The van der Waals surface area contributed by atoms with Crippen LogP contribution in [0.2, 0.25) is 0 Å². The van der Waals surface area contributed by atoms with Crippen LogP contribution in [0.3, 0.4) is 0 Å². The fraction of sp³-hybridized carbons (Fsp3) is 0. The molecule has 0 spiro atoms. The van der Waals surface area contributed by atoms with Gasteiger partial charge in [-0.1, -0.05) is 12.1 Å². The molecule has 0 atom stereocenters. The first-order chi connectivity index (χ1) is 10.2. The lowest BCUT2D eigenvalue weighted by molar-refractivity contribution is 0.0734. The van der Waals surface area contributed by atoms with Crippen molar-refractivity contribution in [3.63, 3.8) is 0 Å².